The minimum atomic E-state index is -0.426. The van der Waals surface area contributed by atoms with Crippen molar-refractivity contribution in [2.75, 3.05) is 0 Å². The Balaban J connectivity index is 2.93. The predicted molar refractivity (Wildman–Crippen MR) is 54.8 cm³/mol. The van der Waals surface area contributed by atoms with E-state index in [-0.39, 0.29) is 11.7 Å². The zero-order valence-electron chi connectivity index (χ0n) is 7.72. The molecule has 0 radical (unpaired) electrons. The minimum Gasteiger partial charge on any atom is -0.324 e. The van der Waals surface area contributed by atoms with Gasteiger partial charge in [-0.3, -0.25) is 10.1 Å². The molecule has 1 atom stereocenters. The van der Waals surface area contributed by atoms with Crippen LogP contribution in [0, 0.1) is 10.1 Å². The van der Waals surface area contributed by atoms with E-state index in [1.54, 1.807) is 18.2 Å². The van der Waals surface area contributed by atoms with Crippen molar-refractivity contribution in [1.82, 2.24) is 0 Å². The van der Waals surface area contributed by atoms with E-state index in [2.05, 4.69) is 6.58 Å². The summed E-state index contributed by atoms with van der Waals surface area (Å²) in [7, 11) is 0. The quantitative estimate of drug-likeness (QED) is 0.451. The summed E-state index contributed by atoms with van der Waals surface area (Å²) >= 11 is 0. The Morgan fingerprint density at radius 1 is 1.64 bits per heavy atom. The van der Waals surface area contributed by atoms with Crippen molar-refractivity contribution in [2.24, 2.45) is 5.73 Å². The van der Waals surface area contributed by atoms with Gasteiger partial charge >= 0.3 is 0 Å². The highest BCUT2D eigenvalue weighted by atomic mass is 16.6. The van der Waals surface area contributed by atoms with Crippen molar-refractivity contribution in [3.05, 3.63) is 52.6 Å². The number of hydrogen-bond acceptors (Lipinski definition) is 3. The first kappa shape index (κ1) is 10.4. The zero-order chi connectivity index (χ0) is 10.6. The van der Waals surface area contributed by atoms with Gasteiger partial charge in [0.2, 0.25) is 0 Å². The Labute approximate surface area is 82.2 Å². The fourth-order valence-electron chi connectivity index (χ4n) is 1.18. The molecule has 2 N–H and O–H groups in total. The van der Waals surface area contributed by atoms with Crippen LogP contribution in [0.1, 0.15) is 18.0 Å². The van der Waals surface area contributed by atoms with Gasteiger partial charge in [-0.2, -0.15) is 0 Å². The Bertz CT molecular complexity index is 350. The van der Waals surface area contributed by atoms with Crippen molar-refractivity contribution in [1.29, 1.82) is 0 Å². The first-order valence-corrected chi connectivity index (χ1v) is 4.26. The number of hydrogen-bond donors (Lipinski definition) is 1. The van der Waals surface area contributed by atoms with E-state index in [9.17, 15) is 10.1 Å². The van der Waals surface area contributed by atoms with Gasteiger partial charge in [0.05, 0.1) is 4.92 Å². The molecule has 4 nitrogen and oxygen atoms in total. The predicted octanol–water partition coefficient (Wildman–Crippen LogP) is 2.17. The van der Waals surface area contributed by atoms with Crippen LogP contribution in [0.3, 0.4) is 0 Å². The summed E-state index contributed by atoms with van der Waals surface area (Å²) in [6.07, 6.45) is 2.31. The Morgan fingerprint density at radius 3 is 2.93 bits per heavy atom. The summed E-state index contributed by atoms with van der Waals surface area (Å²) in [5.41, 5.74) is 6.62. The number of nitro benzene ring substituents is 1. The third-order valence-corrected chi connectivity index (χ3v) is 1.93. The standard InChI is InChI=1S/C10H12N2O2/c1-2-4-10(11)8-5-3-6-9(7-8)12(13)14/h2-3,5-7,10H,1,4,11H2/t10-/m0/s1. The van der Waals surface area contributed by atoms with E-state index in [0.717, 1.165) is 5.56 Å². The molecule has 0 amide bonds. The van der Waals surface area contributed by atoms with Gasteiger partial charge in [0.25, 0.3) is 5.69 Å². The molecule has 0 aromatic heterocycles. The Morgan fingerprint density at radius 2 is 2.36 bits per heavy atom. The lowest BCUT2D eigenvalue weighted by Crippen LogP contribution is -2.09. The van der Waals surface area contributed by atoms with Crippen molar-refractivity contribution < 1.29 is 4.92 Å². The summed E-state index contributed by atoms with van der Waals surface area (Å²) in [4.78, 5) is 10.1. The fourth-order valence-corrected chi connectivity index (χ4v) is 1.18. The number of nitrogens with zero attached hydrogens (tertiary/aromatic N) is 1. The SMILES string of the molecule is C=CC[C@H](N)c1cccc([N+](=O)[O-])c1. The second kappa shape index (κ2) is 4.53. The summed E-state index contributed by atoms with van der Waals surface area (Å²) < 4.78 is 0. The molecule has 0 aliphatic rings. The van der Waals surface area contributed by atoms with Crippen LogP contribution >= 0.6 is 0 Å². The van der Waals surface area contributed by atoms with E-state index in [1.807, 2.05) is 0 Å². The topological polar surface area (TPSA) is 69.2 Å². The molecular weight excluding hydrogens is 180 g/mol. The van der Waals surface area contributed by atoms with Gasteiger partial charge in [-0.25, -0.2) is 0 Å². The van der Waals surface area contributed by atoms with Crippen LogP contribution in [0.2, 0.25) is 0 Å². The lowest BCUT2D eigenvalue weighted by molar-refractivity contribution is -0.384. The highest BCUT2D eigenvalue weighted by molar-refractivity contribution is 5.35. The molecule has 0 aliphatic carbocycles. The molecule has 74 valence electrons. The molecule has 0 unspecified atom stereocenters. The van der Waals surface area contributed by atoms with Gasteiger partial charge < -0.3 is 5.73 Å². The van der Waals surface area contributed by atoms with Crippen LogP contribution < -0.4 is 5.73 Å². The molecule has 0 saturated heterocycles. The van der Waals surface area contributed by atoms with Crippen molar-refractivity contribution in [3.63, 3.8) is 0 Å². The van der Waals surface area contributed by atoms with Gasteiger partial charge in [-0.15, -0.1) is 6.58 Å². The molecule has 0 fully saturated rings. The number of benzene rings is 1. The molecule has 4 heteroatoms. The van der Waals surface area contributed by atoms with Gasteiger partial charge in [0.15, 0.2) is 0 Å². The molecule has 1 rings (SSSR count). The molecule has 0 bridgehead atoms. The summed E-state index contributed by atoms with van der Waals surface area (Å²) in [5, 5.41) is 10.5. The minimum absolute atomic E-state index is 0.0713. The maximum absolute atomic E-state index is 10.5. The average molecular weight is 192 g/mol. The lowest BCUT2D eigenvalue weighted by Gasteiger charge is -2.08. The van der Waals surface area contributed by atoms with E-state index >= 15 is 0 Å². The first-order valence-electron chi connectivity index (χ1n) is 4.26. The maximum atomic E-state index is 10.5. The molecule has 1 aromatic carbocycles. The van der Waals surface area contributed by atoms with Crippen LogP contribution in [0.15, 0.2) is 36.9 Å². The lowest BCUT2D eigenvalue weighted by atomic mass is 10.0. The van der Waals surface area contributed by atoms with Crippen LogP contribution in [-0.2, 0) is 0 Å². The molecular formula is C10H12N2O2. The fraction of sp³-hybridized carbons (Fsp3) is 0.200. The van der Waals surface area contributed by atoms with Gasteiger partial charge in [-0.1, -0.05) is 18.2 Å². The molecule has 14 heavy (non-hydrogen) atoms. The van der Waals surface area contributed by atoms with Gasteiger partial charge in [0.1, 0.15) is 0 Å². The molecule has 0 aliphatic heterocycles. The van der Waals surface area contributed by atoms with Crippen LogP contribution in [0.25, 0.3) is 0 Å². The number of nitro groups is 1. The zero-order valence-corrected chi connectivity index (χ0v) is 7.72. The smallest absolute Gasteiger partial charge is 0.269 e. The Kier molecular flexibility index (Phi) is 3.36. The monoisotopic (exact) mass is 192 g/mol. The normalized spacial score (nSPS) is 12.1. The van der Waals surface area contributed by atoms with Gasteiger partial charge in [0, 0.05) is 18.2 Å². The molecule has 1 aromatic rings. The average Bonchev–Trinajstić information content (AvgIpc) is 2.18. The molecule has 0 heterocycles. The largest absolute Gasteiger partial charge is 0.324 e. The van der Waals surface area contributed by atoms with E-state index < -0.39 is 4.92 Å². The van der Waals surface area contributed by atoms with Crippen molar-refractivity contribution in [3.8, 4) is 0 Å². The van der Waals surface area contributed by atoms with E-state index in [1.165, 1.54) is 12.1 Å². The van der Waals surface area contributed by atoms with E-state index in [0.29, 0.717) is 6.42 Å². The second-order valence-corrected chi connectivity index (χ2v) is 2.98. The van der Waals surface area contributed by atoms with Crippen LogP contribution in [0.5, 0.6) is 0 Å². The van der Waals surface area contributed by atoms with E-state index in [4.69, 9.17) is 5.73 Å². The third kappa shape index (κ3) is 2.40. The number of nitrogens with two attached hydrogens (primary N) is 1. The van der Waals surface area contributed by atoms with Crippen molar-refractivity contribution >= 4 is 5.69 Å². The third-order valence-electron chi connectivity index (χ3n) is 1.93. The summed E-state index contributed by atoms with van der Waals surface area (Å²) in [5.74, 6) is 0. The number of non-ortho nitro benzene ring substituents is 1. The maximum Gasteiger partial charge on any atom is 0.269 e. The summed E-state index contributed by atoms with van der Waals surface area (Å²) in [6.45, 7) is 3.57. The van der Waals surface area contributed by atoms with Crippen molar-refractivity contribution in [2.45, 2.75) is 12.5 Å². The molecule has 0 saturated carbocycles. The first-order chi connectivity index (χ1) is 6.65. The van der Waals surface area contributed by atoms with Crippen LogP contribution in [0.4, 0.5) is 5.69 Å². The van der Waals surface area contributed by atoms with Crippen LogP contribution in [-0.4, -0.2) is 4.92 Å². The van der Waals surface area contributed by atoms with Gasteiger partial charge in [-0.05, 0) is 12.0 Å². The second-order valence-electron chi connectivity index (χ2n) is 2.98. The number of rotatable bonds is 4. The summed E-state index contributed by atoms with van der Waals surface area (Å²) in [6, 6.07) is 6.14. The Hall–Kier alpha value is -1.68. The highest BCUT2D eigenvalue weighted by Crippen LogP contribution is 2.19. The molecule has 0 spiro atoms. The highest BCUT2D eigenvalue weighted by Gasteiger charge is 2.09.